The van der Waals surface area contributed by atoms with Gasteiger partial charge in [-0.25, -0.2) is 0 Å². The first-order valence-corrected chi connectivity index (χ1v) is 11.1. The van der Waals surface area contributed by atoms with Crippen molar-refractivity contribution in [1.82, 2.24) is 15.3 Å². The van der Waals surface area contributed by atoms with Crippen molar-refractivity contribution in [3.05, 3.63) is 83.9 Å². The van der Waals surface area contributed by atoms with Crippen LogP contribution in [-0.4, -0.2) is 34.2 Å². The SMILES string of the molecule is CC1CNC(c2ccc3cc(-c4ccc(-c5cc6ccc(C(=N)N)cc6[nH]5)cc4)[nH]c3c2)=N1. The number of nitrogen functional groups attached to an aromatic ring is 1. The zero-order chi connectivity index (χ0) is 22.5. The molecule has 1 atom stereocenters. The van der Waals surface area contributed by atoms with E-state index >= 15 is 0 Å². The number of aromatic nitrogens is 2. The van der Waals surface area contributed by atoms with Crippen LogP contribution in [0.3, 0.4) is 0 Å². The first kappa shape index (κ1) is 19.4. The van der Waals surface area contributed by atoms with Gasteiger partial charge in [0.15, 0.2) is 0 Å². The monoisotopic (exact) mass is 432 g/mol. The average Bonchev–Trinajstić information content (AvgIpc) is 3.55. The van der Waals surface area contributed by atoms with Gasteiger partial charge in [0.1, 0.15) is 11.7 Å². The fraction of sp³-hybridized carbons (Fsp3) is 0.111. The second-order valence-electron chi connectivity index (χ2n) is 8.67. The van der Waals surface area contributed by atoms with Gasteiger partial charge in [-0.3, -0.25) is 10.4 Å². The van der Waals surface area contributed by atoms with Gasteiger partial charge < -0.3 is 21.0 Å². The number of hydrogen-bond donors (Lipinski definition) is 5. The lowest BCUT2D eigenvalue weighted by molar-refractivity contribution is 0.766. The largest absolute Gasteiger partial charge is 0.384 e. The fourth-order valence-electron chi connectivity index (χ4n) is 4.44. The molecule has 162 valence electrons. The third-order valence-electron chi connectivity index (χ3n) is 6.25. The molecule has 6 N–H and O–H groups in total. The van der Waals surface area contributed by atoms with Crippen molar-refractivity contribution in [2.45, 2.75) is 13.0 Å². The van der Waals surface area contributed by atoms with Crippen molar-refractivity contribution in [2.75, 3.05) is 6.54 Å². The number of nitrogens with one attached hydrogen (secondary N) is 4. The molecule has 6 heteroatoms. The third-order valence-corrected chi connectivity index (χ3v) is 6.25. The van der Waals surface area contributed by atoms with Gasteiger partial charge in [0.05, 0.1) is 6.04 Å². The predicted octanol–water partition coefficient (Wildman–Crippen LogP) is 5.01. The number of aromatic amines is 2. The second kappa shape index (κ2) is 7.38. The Balaban J connectivity index is 1.30. The molecule has 1 aliphatic rings. The molecule has 2 aromatic heterocycles. The standard InChI is InChI=1S/C27H24N6/c1-15-14-30-27(31-15)21-9-7-19-11-23(33-25(19)13-21)17-4-2-16(3-5-17)22-10-18-6-8-20(26(28)29)12-24(18)32-22/h2-13,15,32-33H,14H2,1H3,(H3,28,29)(H,30,31). The van der Waals surface area contributed by atoms with Gasteiger partial charge >= 0.3 is 0 Å². The van der Waals surface area contributed by atoms with E-state index in [4.69, 9.17) is 11.1 Å². The number of fused-ring (bicyclic) bond motifs is 2. The molecular formula is C27H24N6. The number of aliphatic imine (C=N–C) groups is 1. The molecule has 0 fully saturated rings. The molecule has 1 unspecified atom stereocenters. The molecule has 1 aliphatic heterocycles. The summed E-state index contributed by atoms with van der Waals surface area (Å²) in [6.45, 7) is 3.01. The van der Waals surface area contributed by atoms with Gasteiger partial charge in [0, 0.05) is 50.9 Å². The summed E-state index contributed by atoms with van der Waals surface area (Å²) in [6, 6.07) is 25.4. The molecule has 6 rings (SSSR count). The maximum absolute atomic E-state index is 7.64. The summed E-state index contributed by atoms with van der Waals surface area (Å²) in [5.74, 6) is 1.04. The van der Waals surface area contributed by atoms with E-state index in [1.165, 1.54) is 5.39 Å². The van der Waals surface area contributed by atoms with Crippen LogP contribution in [0.2, 0.25) is 0 Å². The lowest BCUT2D eigenvalue weighted by atomic mass is 10.1. The van der Waals surface area contributed by atoms with Gasteiger partial charge in [-0.05, 0) is 42.3 Å². The van der Waals surface area contributed by atoms with E-state index in [1.54, 1.807) is 0 Å². The quantitative estimate of drug-likeness (QED) is 0.203. The number of hydrogen-bond acceptors (Lipinski definition) is 3. The molecule has 0 radical (unpaired) electrons. The molecule has 0 aliphatic carbocycles. The Morgan fingerprint density at radius 1 is 0.818 bits per heavy atom. The Hall–Kier alpha value is -4.32. The zero-order valence-electron chi connectivity index (χ0n) is 18.2. The van der Waals surface area contributed by atoms with Gasteiger partial charge in [-0.2, -0.15) is 0 Å². The van der Waals surface area contributed by atoms with Crippen molar-refractivity contribution < 1.29 is 0 Å². The summed E-state index contributed by atoms with van der Waals surface area (Å²) in [5, 5.41) is 13.3. The first-order chi connectivity index (χ1) is 16.0. The van der Waals surface area contributed by atoms with E-state index < -0.39 is 0 Å². The molecule has 0 saturated heterocycles. The zero-order valence-corrected chi connectivity index (χ0v) is 18.2. The highest BCUT2D eigenvalue weighted by Crippen LogP contribution is 2.29. The van der Waals surface area contributed by atoms with Gasteiger partial charge in [0.2, 0.25) is 0 Å². The summed E-state index contributed by atoms with van der Waals surface area (Å²) >= 11 is 0. The number of rotatable bonds is 4. The topological polar surface area (TPSA) is 106 Å². The molecule has 0 bridgehead atoms. The second-order valence-corrected chi connectivity index (χ2v) is 8.67. The Kier molecular flexibility index (Phi) is 4.33. The van der Waals surface area contributed by atoms with Gasteiger partial charge in [-0.15, -0.1) is 0 Å². The van der Waals surface area contributed by atoms with Crippen LogP contribution >= 0.6 is 0 Å². The van der Waals surface area contributed by atoms with E-state index in [2.05, 4.69) is 81.8 Å². The molecule has 3 heterocycles. The molecule has 3 aromatic carbocycles. The Morgan fingerprint density at radius 3 is 1.97 bits per heavy atom. The Labute approximate surface area is 191 Å². The third kappa shape index (κ3) is 3.46. The number of nitrogens with zero attached hydrogens (tertiary/aromatic N) is 1. The van der Waals surface area contributed by atoms with Crippen LogP contribution in [0.5, 0.6) is 0 Å². The maximum atomic E-state index is 7.64. The number of nitrogens with two attached hydrogens (primary N) is 1. The Bertz CT molecular complexity index is 1550. The smallest absolute Gasteiger partial charge is 0.128 e. The van der Waals surface area contributed by atoms with Gasteiger partial charge in [0.25, 0.3) is 0 Å². The van der Waals surface area contributed by atoms with Crippen LogP contribution in [0.4, 0.5) is 0 Å². The van der Waals surface area contributed by atoms with Crippen molar-refractivity contribution in [1.29, 1.82) is 5.41 Å². The van der Waals surface area contributed by atoms with E-state index in [0.29, 0.717) is 6.04 Å². The minimum atomic E-state index is 0.0740. The summed E-state index contributed by atoms with van der Waals surface area (Å²) in [4.78, 5) is 11.7. The Morgan fingerprint density at radius 2 is 1.39 bits per heavy atom. The molecule has 6 nitrogen and oxygen atoms in total. The average molecular weight is 433 g/mol. The lowest BCUT2D eigenvalue weighted by Gasteiger charge is -2.02. The lowest BCUT2D eigenvalue weighted by Crippen LogP contribution is -2.20. The highest BCUT2D eigenvalue weighted by atomic mass is 15.1. The van der Waals surface area contributed by atoms with Crippen molar-refractivity contribution in [3.63, 3.8) is 0 Å². The minimum absolute atomic E-state index is 0.0740. The summed E-state index contributed by atoms with van der Waals surface area (Å²) < 4.78 is 0. The van der Waals surface area contributed by atoms with E-state index in [-0.39, 0.29) is 5.84 Å². The number of benzene rings is 3. The number of H-pyrrole nitrogens is 2. The van der Waals surface area contributed by atoms with E-state index in [9.17, 15) is 0 Å². The highest BCUT2D eigenvalue weighted by Gasteiger charge is 2.15. The molecule has 0 saturated carbocycles. The van der Waals surface area contributed by atoms with Crippen LogP contribution in [0.25, 0.3) is 44.3 Å². The fourth-order valence-corrected chi connectivity index (χ4v) is 4.44. The maximum Gasteiger partial charge on any atom is 0.128 e. The predicted molar refractivity (Wildman–Crippen MR) is 136 cm³/mol. The normalized spacial score (nSPS) is 15.7. The van der Waals surface area contributed by atoms with Crippen molar-refractivity contribution >= 4 is 33.5 Å². The molecule has 0 spiro atoms. The highest BCUT2D eigenvalue weighted by molar-refractivity contribution is 6.03. The van der Waals surface area contributed by atoms with Crippen LogP contribution in [-0.2, 0) is 0 Å². The molecule has 0 amide bonds. The molecule has 33 heavy (non-hydrogen) atoms. The van der Waals surface area contributed by atoms with Crippen LogP contribution < -0.4 is 11.1 Å². The molecular weight excluding hydrogens is 408 g/mol. The first-order valence-electron chi connectivity index (χ1n) is 11.1. The summed E-state index contributed by atoms with van der Waals surface area (Å²) in [6.07, 6.45) is 0. The van der Waals surface area contributed by atoms with Crippen LogP contribution in [0.15, 0.2) is 77.8 Å². The molecule has 5 aromatic rings. The van der Waals surface area contributed by atoms with Crippen molar-refractivity contribution in [3.8, 4) is 22.5 Å². The summed E-state index contributed by atoms with van der Waals surface area (Å²) in [5.41, 5.74) is 13.9. The van der Waals surface area contributed by atoms with Crippen molar-refractivity contribution in [2.24, 2.45) is 10.7 Å². The number of amidine groups is 2. The minimum Gasteiger partial charge on any atom is -0.384 e. The van der Waals surface area contributed by atoms with E-state index in [1.807, 2.05) is 18.2 Å². The summed E-state index contributed by atoms with van der Waals surface area (Å²) in [7, 11) is 0. The van der Waals surface area contributed by atoms with Crippen LogP contribution in [0.1, 0.15) is 18.1 Å². The van der Waals surface area contributed by atoms with Crippen LogP contribution in [0, 0.1) is 5.41 Å². The van der Waals surface area contributed by atoms with Gasteiger partial charge in [-0.1, -0.05) is 48.5 Å². The van der Waals surface area contributed by atoms with E-state index in [0.717, 1.165) is 62.4 Å².